The quantitative estimate of drug-likeness (QED) is 0.746. The highest BCUT2D eigenvalue weighted by Gasteiger charge is 2.28. The van der Waals surface area contributed by atoms with Crippen molar-refractivity contribution in [2.75, 3.05) is 26.3 Å². The average molecular weight is 256 g/mol. The molecule has 2 amide bonds. The second-order valence-corrected chi connectivity index (χ2v) is 4.82. The molecule has 0 aromatic rings. The highest BCUT2D eigenvalue weighted by atomic mass is 16.5. The molecule has 1 aliphatic heterocycles. The van der Waals surface area contributed by atoms with E-state index in [1.54, 1.807) is 4.90 Å². The number of nitrogens with zero attached hydrogens (tertiary/aromatic N) is 1. The molecular formula is C12H20N2O4. The van der Waals surface area contributed by atoms with E-state index < -0.39 is 12.0 Å². The van der Waals surface area contributed by atoms with Gasteiger partial charge in [-0.2, -0.15) is 0 Å². The molecule has 1 atom stereocenters. The number of amides is 2. The van der Waals surface area contributed by atoms with Crippen LogP contribution in [-0.2, 0) is 19.1 Å². The first-order chi connectivity index (χ1) is 8.66. The summed E-state index contributed by atoms with van der Waals surface area (Å²) in [4.78, 5) is 24.5. The van der Waals surface area contributed by atoms with Crippen molar-refractivity contribution in [3.63, 3.8) is 0 Å². The molecule has 102 valence electrons. The zero-order valence-electron chi connectivity index (χ0n) is 10.5. The maximum absolute atomic E-state index is 11.9. The fraction of sp³-hybridized carbons (Fsp3) is 0.833. The Balaban J connectivity index is 1.75. The lowest BCUT2D eigenvalue weighted by Crippen LogP contribution is -2.51. The van der Waals surface area contributed by atoms with Crippen molar-refractivity contribution in [1.82, 2.24) is 4.90 Å². The fourth-order valence-electron chi connectivity index (χ4n) is 2.38. The van der Waals surface area contributed by atoms with Gasteiger partial charge in [-0.05, 0) is 12.8 Å². The second-order valence-electron chi connectivity index (χ2n) is 4.82. The van der Waals surface area contributed by atoms with Crippen molar-refractivity contribution in [3.05, 3.63) is 0 Å². The molecule has 0 aromatic heterocycles. The summed E-state index contributed by atoms with van der Waals surface area (Å²) < 4.78 is 10.8. The predicted molar refractivity (Wildman–Crippen MR) is 63.7 cm³/mol. The topological polar surface area (TPSA) is 81.9 Å². The molecule has 0 spiro atoms. The fourth-order valence-corrected chi connectivity index (χ4v) is 2.38. The molecule has 0 bridgehead atoms. The maximum Gasteiger partial charge on any atom is 0.248 e. The Morgan fingerprint density at radius 3 is 2.72 bits per heavy atom. The Hall–Kier alpha value is -1.14. The molecule has 18 heavy (non-hydrogen) atoms. The molecule has 6 nitrogen and oxygen atoms in total. The number of primary amides is 1. The standard InChI is InChI=1S/C12H20N2O4/c13-12(16)10-7-14(5-6-17-10)11(15)8-18-9-3-1-2-4-9/h9-10H,1-8H2,(H2,13,16). The first-order valence-electron chi connectivity index (χ1n) is 6.47. The van der Waals surface area contributed by atoms with Gasteiger partial charge in [-0.15, -0.1) is 0 Å². The predicted octanol–water partition coefficient (Wildman–Crippen LogP) is -0.342. The Morgan fingerprint density at radius 1 is 1.33 bits per heavy atom. The molecule has 2 rings (SSSR count). The van der Waals surface area contributed by atoms with Crippen molar-refractivity contribution in [1.29, 1.82) is 0 Å². The number of ether oxygens (including phenoxy) is 2. The number of hydrogen-bond donors (Lipinski definition) is 1. The molecule has 1 unspecified atom stereocenters. The summed E-state index contributed by atoms with van der Waals surface area (Å²) >= 11 is 0. The van der Waals surface area contributed by atoms with Crippen molar-refractivity contribution < 1.29 is 19.1 Å². The van der Waals surface area contributed by atoms with Crippen LogP contribution in [0.3, 0.4) is 0 Å². The molecule has 2 aliphatic rings. The normalized spacial score (nSPS) is 25.3. The monoisotopic (exact) mass is 256 g/mol. The van der Waals surface area contributed by atoms with Crippen LogP contribution >= 0.6 is 0 Å². The van der Waals surface area contributed by atoms with Crippen molar-refractivity contribution in [3.8, 4) is 0 Å². The lowest BCUT2D eigenvalue weighted by Gasteiger charge is -2.31. The highest BCUT2D eigenvalue weighted by molar-refractivity contribution is 5.82. The van der Waals surface area contributed by atoms with E-state index in [1.165, 1.54) is 12.8 Å². The van der Waals surface area contributed by atoms with E-state index in [4.69, 9.17) is 15.2 Å². The number of carbonyl (C=O) groups excluding carboxylic acids is 2. The zero-order chi connectivity index (χ0) is 13.0. The van der Waals surface area contributed by atoms with E-state index in [0.717, 1.165) is 12.8 Å². The van der Waals surface area contributed by atoms with Gasteiger partial charge in [0.25, 0.3) is 0 Å². The molecule has 2 N–H and O–H groups in total. The Bertz CT molecular complexity index is 315. The van der Waals surface area contributed by atoms with E-state index >= 15 is 0 Å². The molecule has 6 heteroatoms. The minimum Gasteiger partial charge on any atom is -0.368 e. The third-order valence-electron chi connectivity index (χ3n) is 3.48. The Kier molecular flexibility index (Phi) is 4.54. The van der Waals surface area contributed by atoms with Crippen LogP contribution in [0.1, 0.15) is 25.7 Å². The lowest BCUT2D eigenvalue weighted by molar-refractivity contribution is -0.149. The molecule has 1 aliphatic carbocycles. The maximum atomic E-state index is 11.9. The summed E-state index contributed by atoms with van der Waals surface area (Å²) in [6.07, 6.45) is 3.98. The van der Waals surface area contributed by atoms with Crippen LogP contribution < -0.4 is 5.73 Å². The number of carbonyl (C=O) groups is 2. The van der Waals surface area contributed by atoms with Crippen LogP contribution in [0.5, 0.6) is 0 Å². The van der Waals surface area contributed by atoms with Gasteiger partial charge in [-0.25, -0.2) is 0 Å². The summed E-state index contributed by atoms with van der Waals surface area (Å²) in [5, 5.41) is 0. The van der Waals surface area contributed by atoms with E-state index in [-0.39, 0.29) is 25.2 Å². The van der Waals surface area contributed by atoms with Crippen LogP contribution in [0.25, 0.3) is 0 Å². The summed E-state index contributed by atoms with van der Waals surface area (Å²) in [5.41, 5.74) is 5.17. The molecule has 1 heterocycles. The van der Waals surface area contributed by atoms with Gasteiger partial charge in [0.2, 0.25) is 11.8 Å². The van der Waals surface area contributed by atoms with Gasteiger partial charge in [0.1, 0.15) is 6.61 Å². The van der Waals surface area contributed by atoms with Crippen LogP contribution in [0.2, 0.25) is 0 Å². The van der Waals surface area contributed by atoms with Crippen LogP contribution in [0, 0.1) is 0 Å². The Morgan fingerprint density at radius 2 is 2.06 bits per heavy atom. The molecule has 0 radical (unpaired) electrons. The Labute approximate surface area is 106 Å². The number of morpholine rings is 1. The van der Waals surface area contributed by atoms with Gasteiger partial charge in [0.15, 0.2) is 6.10 Å². The minimum atomic E-state index is -0.686. The second kappa shape index (κ2) is 6.15. The third kappa shape index (κ3) is 3.43. The van der Waals surface area contributed by atoms with E-state index in [1.807, 2.05) is 0 Å². The highest BCUT2D eigenvalue weighted by Crippen LogP contribution is 2.20. The van der Waals surface area contributed by atoms with Crippen molar-refractivity contribution >= 4 is 11.8 Å². The van der Waals surface area contributed by atoms with Crippen molar-refractivity contribution in [2.45, 2.75) is 37.9 Å². The van der Waals surface area contributed by atoms with E-state index in [2.05, 4.69) is 0 Å². The van der Waals surface area contributed by atoms with Crippen LogP contribution in [0.15, 0.2) is 0 Å². The first kappa shape index (κ1) is 13.3. The minimum absolute atomic E-state index is 0.0866. The molecule has 2 fully saturated rings. The molecular weight excluding hydrogens is 236 g/mol. The first-order valence-corrected chi connectivity index (χ1v) is 6.47. The third-order valence-corrected chi connectivity index (χ3v) is 3.48. The smallest absolute Gasteiger partial charge is 0.248 e. The summed E-state index contributed by atoms with van der Waals surface area (Å²) in [6, 6.07) is 0. The average Bonchev–Trinajstić information content (AvgIpc) is 2.89. The number of nitrogens with two attached hydrogens (primary N) is 1. The van der Waals surface area contributed by atoms with Gasteiger partial charge in [-0.3, -0.25) is 9.59 Å². The van der Waals surface area contributed by atoms with Gasteiger partial charge in [0.05, 0.1) is 19.3 Å². The van der Waals surface area contributed by atoms with E-state index in [0.29, 0.717) is 13.2 Å². The zero-order valence-corrected chi connectivity index (χ0v) is 10.5. The molecule has 0 aromatic carbocycles. The lowest BCUT2D eigenvalue weighted by atomic mass is 10.2. The van der Waals surface area contributed by atoms with E-state index in [9.17, 15) is 9.59 Å². The van der Waals surface area contributed by atoms with Gasteiger partial charge < -0.3 is 20.1 Å². The summed E-state index contributed by atoms with van der Waals surface area (Å²) in [6.45, 7) is 1.18. The summed E-state index contributed by atoms with van der Waals surface area (Å²) in [7, 11) is 0. The SMILES string of the molecule is NC(=O)C1CN(C(=O)COC2CCCC2)CCO1. The van der Waals surface area contributed by atoms with Gasteiger partial charge >= 0.3 is 0 Å². The number of hydrogen-bond acceptors (Lipinski definition) is 4. The van der Waals surface area contributed by atoms with Crippen molar-refractivity contribution in [2.24, 2.45) is 5.73 Å². The molecule has 1 saturated heterocycles. The van der Waals surface area contributed by atoms with Crippen LogP contribution in [-0.4, -0.2) is 55.2 Å². The largest absolute Gasteiger partial charge is 0.368 e. The van der Waals surface area contributed by atoms with Gasteiger partial charge in [0, 0.05) is 6.54 Å². The van der Waals surface area contributed by atoms with Gasteiger partial charge in [-0.1, -0.05) is 12.8 Å². The number of rotatable bonds is 4. The summed E-state index contributed by atoms with van der Waals surface area (Å²) in [5.74, 6) is -0.610. The van der Waals surface area contributed by atoms with Crippen LogP contribution in [0.4, 0.5) is 0 Å². The molecule has 1 saturated carbocycles.